The van der Waals surface area contributed by atoms with Crippen LogP contribution in [0.2, 0.25) is 0 Å². The van der Waals surface area contributed by atoms with Crippen molar-refractivity contribution in [3.8, 4) is 11.5 Å². The predicted molar refractivity (Wildman–Crippen MR) is 66.4 cm³/mol. The lowest BCUT2D eigenvalue weighted by molar-refractivity contribution is 0.205. The topological polar surface area (TPSA) is 81.0 Å². The van der Waals surface area contributed by atoms with Crippen LogP contribution in [0.25, 0.3) is 0 Å². The number of rotatable bonds is 2. The molecule has 92 valence electrons. The molecule has 1 amide bonds. The van der Waals surface area contributed by atoms with Gasteiger partial charge in [-0.1, -0.05) is 0 Å². The van der Waals surface area contributed by atoms with Crippen LogP contribution in [0.15, 0.2) is 48.5 Å². The first-order valence-corrected chi connectivity index (χ1v) is 5.19. The number of amides is 1. The van der Waals surface area contributed by atoms with Crippen LogP contribution >= 0.6 is 0 Å². The third kappa shape index (κ3) is 2.35. The molecule has 0 saturated heterocycles. The minimum atomic E-state index is -1.15. The molecule has 0 aliphatic rings. The molecule has 0 aromatic heterocycles. The maximum atomic E-state index is 11.3. The summed E-state index contributed by atoms with van der Waals surface area (Å²) < 4.78 is 0. The monoisotopic (exact) mass is 245 g/mol. The predicted octanol–water partition coefficient (Wildman–Crippen LogP) is 2.91. The van der Waals surface area contributed by atoms with Gasteiger partial charge in [0.15, 0.2) is 0 Å². The normalized spacial score (nSPS) is 10.0. The molecule has 0 bridgehead atoms. The van der Waals surface area contributed by atoms with E-state index in [-0.39, 0.29) is 11.5 Å². The Morgan fingerprint density at radius 2 is 1.11 bits per heavy atom. The van der Waals surface area contributed by atoms with Crippen molar-refractivity contribution in [1.29, 1.82) is 0 Å². The standard InChI is InChI=1S/C13H11NO4/c15-11-5-1-9(2-6-11)14(13(17)18)10-3-7-12(16)8-4-10/h1-8,15-16H,(H,17,18). The molecule has 0 atom stereocenters. The highest BCUT2D eigenvalue weighted by Crippen LogP contribution is 2.28. The zero-order valence-electron chi connectivity index (χ0n) is 9.32. The molecule has 5 heteroatoms. The second-order valence-corrected chi connectivity index (χ2v) is 3.65. The molecule has 2 aromatic rings. The van der Waals surface area contributed by atoms with Crippen molar-refractivity contribution >= 4 is 17.5 Å². The molecular formula is C13H11NO4. The fourth-order valence-corrected chi connectivity index (χ4v) is 1.57. The van der Waals surface area contributed by atoms with Crippen molar-refractivity contribution in [3.63, 3.8) is 0 Å². The highest BCUT2D eigenvalue weighted by molar-refractivity contribution is 5.94. The number of phenols is 2. The average molecular weight is 245 g/mol. The molecule has 0 spiro atoms. The third-order valence-corrected chi connectivity index (χ3v) is 2.41. The van der Waals surface area contributed by atoms with Gasteiger partial charge in [-0.15, -0.1) is 0 Å². The van der Waals surface area contributed by atoms with Crippen LogP contribution < -0.4 is 4.90 Å². The lowest BCUT2D eigenvalue weighted by Gasteiger charge is -2.19. The number of carbonyl (C=O) groups is 1. The van der Waals surface area contributed by atoms with Gasteiger partial charge in [-0.3, -0.25) is 0 Å². The van der Waals surface area contributed by atoms with E-state index < -0.39 is 6.09 Å². The van der Waals surface area contributed by atoms with Gasteiger partial charge >= 0.3 is 6.09 Å². The number of phenolic OH excluding ortho intramolecular Hbond substituents is 2. The first kappa shape index (κ1) is 11.8. The molecule has 0 radical (unpaired) electrons. The Bertz CT molecular complexity index is 503. The molecule has 0 aliphatic carbocycles. The molecule has 0 aliphatic heterocycles. The Labute approximate surface area is 103 Å². The Morgan fingerprint density at radius 1 is 0.778 bits per heavy atom. The van der Waals surface area contributed by atoms with Gasteiger partial charge in [0.1, 0.15) is 11.5 Å². The summed E-state index contributed by atoms with van der Waals surface area (Å²) >= 11 is 0. The van der Waals surface area contributed by atoms with Gasteiger partial charge < -0.3 is 15.3 Å². The number of nitrogens with zero attached hydrogens (tertiary/aromatic N) is 1. The van der Waals surface area contributed by atoms with Crippen LogP contribution in [-0.2, 0) is 0 Å². The molecule has 2 aromatic carbocycles. The minimum absolute atomic E-state index is 0.0646. The van der Waals surface area contributed by atoms with Gasteiger partial charge in [-0.25, -0.2) is 9.69 Å². The van der Waals surface area contributed by atoms with E-state index in [2.05, 4.69) is 0 Å². The van der Waals surface area contributed by atoms with Gasteiger partial charge in [0.05, 0.1) is 11.4 Å². The summed E-state index contributed by atoms with van der Waals surface area (Å²) in [5, 5.41) is 27.6. The van der Waals surface area contributed by atoms with Crippen molar-refractivity contribution in [2.45, 2.75) is 0 Å². The molecule has 0 saturated carbocycles. The van der Waals surface area contributed by atoms with Crippen LogP contribution in [0.3, 0.4) is 0 Å². The fourth-order valence-electron chi connectivity index (χ4n) is 1.57. The van der Waals surface area contributed by atoms with Crippen LogP contribution in [0.5, 0.6) is 11.5 Å². The Balaban J connectivity index is 2.43. The quantitative estimate of drug-likeness (QED) is 0.759. The fraction of sp³-hybridized carbons (Fsp3) is 0. The first-order chi connectivity index (χ1) is 8.58. The summed E-state index contributed by atoms with van der Waals surface area (Å²) in [7, 11) is 0. The van der Waals surface area contributed by atoms with Gasteiger partial charge in [0, 0.05) is 0 Å². The van der Waals surface area contributed by atoms with Crippen molar-refractivity contribution in [2.75, 3.05) is 4.90 Å². The van der Waals surface area contributed by atoms with E-state index in [1.165, 1.54) is 48.5 Å². The molecule has 3 N–H and O–H groups in total. The minimum Gasteiger partial charge on any atom is -0.508 e. The second kappa shape index (κ2) is 4.67. The lowest BCUT2D eigenvalue weighted by atomic mass is 10.2. The molecule has 2 rings (SSSR count). The van der Waals surface area contributed by atoms with Crippen molar-refractivity contribution in [2.24, 2.45) is 0 Å². The van der Waals surface area contributed by atoms with Crippen LogP contribution in [0.4, 0.5) is 16.2 Å². The summed E-state index contributed by atoms with van der Waals surface area (Å²) in [6.07, 6.45) is -1.15. The van der Waals surface area contributed by atoms with E-state index in [9.17, 15) is 20.1 Å². The Hall–Kier alpha value is -2.69. The van der Waals surface area contributed by atoms with E-state index in [1.54, 1.807) is 0 Å². The number of carboxylic acid groups (broad SMARTS) is 1. The Morgan fingerprint density at radius 3 is 1.39 bits per heavy atom. The van der Waals surface area contributed by atoms with E-state index in [0.717, 1.165) is 4.90 Å². The van der Waals surface area contributed by atoms with Crippen LogP contribution in [0, 0.1) is 0 Å². The molecule has 0 heterocycles. The number of hydrogen-bond donors (Lipinski definition) is 3. The number of anilines is 2. The maximum Gasteiger partial charge on any atom is 0.416 e. The van der Waals surface area contributed by atoms with E-state index >= 15 is 0 Å². The van der Waals surface area contributed by atoms with Crippen molar-refractivity contribution in [3.05, 3.63) is 48.5 Å². The first-order valence-electron chi connectivity index (χ1n) is 5.19. The van der Waals surface area contributed by atoms with Gasteiger partial charge in [0.2, 0.25) is 0 Å². The highest BCUT2D eigenvalue weighted by Gasteiger charge is 2.16. The maximum absolute atomic E-state index is 11.3. The zero-order chi connectivity index (χ0) is 13.1. The van der Waals surface area contributed by atoms with Gasteiger partial charge in [0.25, 0.3) is 0 Å². The summed E-state index contributed by atoms with van der Waals surface area (Å²) in [4.78, 5) is 12.3. The summed E-state index contributed by atoms with van der Waals surface area (Å²) in [6.45, 7) is 0. The van der Waals surface area contributed by atoms with Gasteiger partial charge in [-0.2, -0.15) is 0 Å². The molecule has 0 fully saturated rings. The average Bonchev–Trinajstić information content (AvgIpc) is 2.34. The third-order valence-electron chi connectivity index (χ3n) is 2.41. The largest absolute Gasteiger partial charge is 0.508 e. The lowest BCUT2D eigenvalue weighted by Crippen LogP contribution is -2.23. The molecule has 18 heavy (non-hydrogen) atoms. The zero-order valence-corrected chi connectivity index (χ0v) is 9.32. The van der Waals surface area contributed by atoms with Crippen LogP contribution in [0.1, 0.15) is 0 Å². The smallest absolute Gasteiger partial charge is 0.416 e. The number of aromatic hydroxyl groups is 2. The highest BCUT2D eigenvalue weighted by atomic mass is 16.4. The SMILES string of the molecule is O=C(O)N(c1ccc(O)cc1)c1ccc(O)cc1. The summed E-state index contributed by atoms with van der Waals surface area (Å²) in [6, 6.07) is 11.6. The molecule has 5 nitrogen and oxygen atoms in total. The summed E-state index contributed by atoms with van der Waals surface area (Å²) in [5.74, 6) is 0.129. The van der Waals surface area contributed by atoms with Gasteiger partial charge in [-0.05, 0) is 48.5 Å². The molecular weight excluding hydrogens is 234 g/mol. The van der Waals surface area contributed by atoms with E-state index in [1.807, 2.05) is 0 Å². The number of benzene rings is 2. The van der Waals surface area contributed by atoms with E-state index in [4.69, 9.17) is 0 Å². The number of hydrogen-bond acceptors (Lipinski definition) is 3. The molecule has 0 unspecified atom stereocenters. The van der Waals surface area contributed by atoms with Crippen molar-refractivity contribution in [1.82, 2.24) is 0 Å². The van der Waals surface area contributed by atoms with Crippen LogP contribution in [-0.4, -0.2) is 21.4 Å². The van der Waals surface area contributed by atoms with E-state index in [0.29, 0.717) is 11.4 Å². The van der Waals surface area contributed by atoms with Crippen molar-refractivity contribution < 1.29 is 20.1 Å². The second-order valence-electron chi connectivity index (χ2n) is 3.65. The summed E-state index contributed by atoms with van der Waals surface area (Å²) in [5.41, 5.74) is 0.817. The Kier molecular flexibility index (Phi) is 3.05.